The lowest BCUT2D eigenvalue weighted by Gasteiger charge is -2.13. The number of aromatic nitrogens is 1. The topological polar surface area (TPSA) is 78.5 Å². The maximum absolute atomic E-state index is 13.5. The van der Waals surface area contributed by atoms with Gasteiger partial charge in [-0.15, -0.1) is 0 Å². The van der Waals surface area contributed by atoms with E-state index in [-0.39, 0.29) is 12.3 Å². The molecule has 0 radical (unpaired) electrons. The number of nitrogens with zero attached hydrogens (tertiary/aromatic N) is 1. The van der Waals surface area contributed by atoms with Gasteiger partial charge in [-0.25, -0.2) is 4.79 Å². The Kier molecular flexibility index (Phi) is 5.71. The Morgan fingerprint density at radius 2 is 1.36 bits per heavy atom. The second-order valence-electron chi connectivity index (χ2n) is 10.1. The van der Waals surface area contributed by atoms with Crippen LogP contribution in [0.4, 0.5) is 8.78 Å². The molecular weight excluding hydrogens is 560 g/mol. The smallest absolute Gasteiger partial charge is 0.377 e. The highest BCUT2D eigenvalue weighted by Gasteiger charge is 2.42. The first-order chi connectivity index (χ1) is 20.1. The Morgan fingerprint density at radius 3 is 2.12 bits per heavy atom. The number of para-hydroxylation sites is 2. The number of fused-ring (bicyclic) bond motifs is 6. The molecule has 0 spiro atoms. The molecule has 208 valence electrons. The average Bonchev–Trinajstić information content (AvgIpc) is 3.30. The van der Waals surface area contributed by atoms with E-state index in [0.717, 1.165) is 44.7 Å². The van der Waals surface area contributed by atoms with Gasteiger partial charge in [0.2, 0.25) is 0 Å². The Labute approximate surface area is 238 Å². The second-order valence-corrected chi connectivity index (χ2v) is 11.9. The van der Waals surface area contributed by atoms with Crippen molar-refractivity contribution < 1.29 is 25.8 Å². The summed E-state index contributed by atoms with van der Waals surface area (Å²) in [5, 5.41) is -0.850. The average molecular weight is 582 g/mol. The van der Waals surface area contributed by atoms with E-state index < -0.39 is 26.7 Å². The first-order valence-electron chi connectivity index (χ1n) is 13.0. The lowest BCUT2D eigenvalue weighted by molar-refractivity contribution is 0.104. The zero-order valence-corrected chi connectivity index (χ0v) is 22.9. The molecule has 42 heavy (non-hydrogen) atoms. The van der Waals surface area contributed by atoms with Gasteiger partial charge in [-0.2, -0.15) is 17.2 Å². The first-order valence-corrected chi connectivity index (χ1v) is 14.4. The summed E-state index contributed by atoms with van der Waals surface area (Å²) in [5.74, 6) is -0.410. The molecule has 7 aromatic rings. The number of halogens is 2. The fraction of sp³-hybridized carbons (Fsp3) is 0.0606. The fourth-order valence-corrected chi connectivity index (χ4v) is 5.85. The third kappa shape index (κ3) is 4.12. The van der Waals surface area contributed by atoms with Crippen molar-refractivity contribution in [3.63, 3.8) is 0 Å². The Bertz CT molecular complexity index is 2360. The quantitative estimate of drug-likeness (QED) is 0.117. The third-order valence-corrected chi connectivity index (χ3v) is 8.64. The van der Waals surface area contributed by atoms with E-state index in [1.807, 2.05) is 48.5 Å². The van der Waals surface area contributed by atoms with Crippen LogP contribution in [0.3, 0.4) is 0 Å². The van der Waals surface area contributed by atoms with Crippen LogP contribution in [0.2, 0.25) is 0 Å². The summed E-state index contributed by atoms with van der Waals surface area (Å²) < 4.78 is 62.9. The van der Waals surface area contributed by atoms with Crippen LogP contribution < -0.4 is 9.81 Å². The highest BCUT2D eigenvalue weighted by atomic mass is 32.2. The minimum atomic E-state index is -5.24. The molecule has 2 aromatic heterocycles. The zero-order chi connectivity index (χ0) is 29.2. The van der Waals surface area contributed by atoms with Gasteiger partial charge in [0.1, 0.15) is 11.3 Å². The fourth-order valence-electron chi connectivity index (χ4n) is 5.35. The molecule has 0 N–H and O–H groups in total. The number of benzene rings is 5. The molecule has 2 heterocycles. The maximum atomic E-state index is 13.5. The minimum Gasteiger partial charge on any atom is -0.422 e. The summed E-state index contributed by atoms with van der Waals surface area (Å²) >= 11 is 0. The largest absolute Gasteiger partial charge is 0.422 e. The van der Waals surface area contributed by atoms with Crippen molar-refractivity contribution in [2.45, 2.75) is 12.2 Å². The van der Waals surface area contributed by atoms with E-state index in [0.29, 0.717) is 16.4 Å². The van der Waals surface area contributed by atoms with Crippen molar-refractivity contribution in [2.75, 3.05) is 0 Å². The molecule has 0 aliphatic rings. The summed E-state index contributed by atoms with van der Waals surface area (Å²) in [6, 6.07) is 33.9. The Morgan fingerprint density at radius 1 is 0.690 bits per heavy atom. The molecule has 6 nitrogen and oxygen atoms in total. The van der Waals surface area contributed by atoms with Gasteiger partial charge >= 0.3 is 21.0 Å². The van der Waals surface area contributed by atoms with Crippen LogP contribution in [0.15, 0.2) is 118 Å². The van der Waals surface area contributed by atoms with Crippen LogP contribution in [0.5, 0.6) is 5.75 Å². The second kappa shape index (κ2) is 9.25. The van der Waals surface area contributed by atoms with E-state index in [1.165, 1.54) is 12.1 Å². The van der Waals surface area contributed by atoms with E-state index in [1.54, 1.807) is 6.07 Å². The molecule has 7 rings (SSSR count). The molecule has 0 saturated carbocycles. The van der Waals surface area contributed by atoms with Crippen molar-refractivity contribution in [2.24, 2.45) is 0 Å². The Balaban J connectivity index is 1.38. The Hall–Kier alpha value is -5.02. The highest BCUT2D eigenvalue weighted by molar-refractivity contribution is 7.88. The number of hydrogen-bond donors (Lipinski definition) is 0. The van der Waals surface area contributed by atoms with Crippen LogP contribution in [-0.2, 0) is 10.1 Å². The molecule has 0 saturated heterocycles. The molecule has 0 unspecified atom stereocenters. The maximum Gasteiger partial charge on any atom is 0.377 e. The summed E-state index contributed by atoms with van der Waals surface area (Å²) in [5.41, 5.74) is 4.60. The predicted molar refractivity (Wildman–Crippen MR) is 160 cm³/mol. The number of rotatable bonds is 5. The summed E-state index contributed by atoms with van der Waals surface area (Å²) in [6.07, 6.45) is 0. The van der Waals surface area contributed by atoms with Gasteiger partial charge in [0.25, 0.3) is 0 Å². The van der Waals surface area contributed by atoms with E-state index in [4.69, 9.17) is 4.42 Å². The molecule has 0 aliphatic carbocycles. The van der Waals surface area contributed by atoms with Crippen molar-refractivity contribution >= 4 is 53.7 Å². The van der Waals surface area contributed by atoms with Gasteiger partial charge < -0.3 is 13.2 Å². The zero-order valence-electron chi connectivity index (χ0n) is 22.0. The van der Waals surface area contributed by atoms with Crippen LogP contribution in [0, 0.1) is 0 Å². The van der Waals surface area contributed by atoms with Crippen molar-refractivity contribution in [3.8, 4) is 22.6 Å². The van der Waals surface area contributed by atoms with Crippen LogP contribution in [-0.4, -0.2) is 18.2 Å². The molecule has 0 bridgehead atoms. The molecule has 9 heteroatoms. The molecule has 5 aromatic carbocycles. The van der Waals surface area contributed by atoms with Gasteiger partial charge in [0.15, 0.2) is 0 Å². The molecule has 0 atom stereocenters. The summed E-state index contributed by atoms with van der Waals surface area (Å²) in [4.78, 5) is 12.7. The monoisotopic (exact) mass is 581 g/mol. The van der Waals surface area contributed by atoms with Gasteiger partial charge in [-0.3, -0.25) is 0 Å². The standard InChI is InChI=1S/C33H21F2NO5S/c1-33(34,35)42(38,39)41-23-13-14-24-27-18-21(12-16-31(27)40-32(37)28(24)19-23)20-11-15-30-26(17-20)25-9-5-6-10-29(25)36(30)22-7-3-2-4-8-22/h2-19H,1H3. The van der Waals surface area contributed by atoms with Crippen molar-refractivity contribution in [1.29, 1.82) is 0 Å². The van der Waals surface area contributed by atoms with E-state index in [2.05, 4.69) is 45.1 Å². The number of hydrogen-bond acceptors (Lipinski definition) is 5. The van der Waals surface area contributed by atoms with Crippen molar-refractivity contribution in [3.05, 3.63) is 120 Å². The van der Waals surface area contributed by atoms with Gasteiger partial charge in [0, 0.05) is 34.2 Å². The lowest BCUT2D eigenvalue weighted by atomic mass is 9.99. The normalized spacial score (nSPS) is 12.5. The molecule has 0 amide bonds. The molecule has 0 fully saturated rings. The van der Waals surface area contributed by atoms with E-state index >= 15 is 0 Å². The van der Waals surface area contributed by atoms with E-state index in [9.17, 15) is 22.0 Å². The van der Waals surface area contributed by atoms with Crippen LogP contribution in [0.25, 0.3) is 60.4 Å². The van der Waals surface area contributed by atoms with Crippen LogP contribution in [0.1, 0.15) is 6.92 Å². The third-order valence-electron chi connectivity index (χ3n) is 7.35. The lowest BCUT2D eigenvalue weighted by Crippen LogP contribution is -2.29. The SMILES string of the molecule is CC(F)(F)S(=O)(=O)Oc1ccc2c(c1)c(=O)oc1ccc(-c3ccc4c(c3)c3ccccc3n4-c3ccccc3)cc12. The van der Waals surface area contributed by atoms with Crippen LogP contribution >= 0.6 is 0 Å². The minimum absolute atomic E-state index is 0.00755. The predicted octanol–water partition coefficient (Wildman–Crippen LogP) is 8.03. The summed E-state index contributed by atoms with van der Waals surface area (Å²) in [7, 11) is -5.24. The highest BCUT2D eigenvalue weighted by Crippen LogP contribution is 2.36. The molecular formula is C33H21F2NO5S. The first kappa shape index (κ1) is 25.9. The summed E-state index contributed by atoms with van der Waals surface area (Å²) in [6.45, 7) is 0.226. The molecule has 0 aliphatic heterocycles. The van der Waals surface area contributed by atoms with Gasteiger partial charge in [-0.1, -0.05) is 48.5 Å². The van der Waals surface area contributed by atoms with Crippen molar-refractivity contribution in [1.82, 2.24) is 4.57 Å². The van der Waals surface area contributed by atoms with Gasteiger partial charge in [0.05, 0.1) is 16.4 Å². The van der Waals surface area contributed by atoms with Gasteiger partial charge in [-0.05, 0) is 71.8 Å². The number of alkyl halides is 2.